The van der Waals surface area contributed by atoms with Crippen molar-refractivity contribution in [3.63, 3.8) is 0 Å². The van der Waals surface area contributed by atoms with Crippen molar-refractivity contribution in [1.29, 1.82) is 0 Å². The zero-order chi connectivity index (χ0) is 14.0. The van der Waals surface area contributed by atoms with Crippen LogP contribution in [0.2, 0.25) is 5.15 Å². The van der Waals surface area contributed by atoms with E-state index in [0.717, 1.165) is 12.2 Å². The molecule has 6 heteroatoms. The van der Waals surface area contributed by atoms with Crippen LogP contribution in [0, 0.1) is 6.92 Å². The molecule has 5 nitrogen and oxygen atoms in total. The van der Waals surface area contributed by atoms with Gasteiger partial charge < -0.3 is 4.90 Å². The maximum Gasteiger partial charge on any atom is 0.261 e. The number of aryl methyl sites for hydroxylation is 1. The molecule has 0 aliphatic carbocycles. The van der Waals surface area contributed by atoms with Gasteiger partial charge in [-0.15, -0.1) is 0 Å². The van der Waals surface area contributed by atoms with Crippen molar-refractivity contribution in [3.8, 4) is 0 Å². The summed E-state index contributed by atoms with van der Waals surface area (Å²) in [5.74, 6) is -0.110. The Labute approximate surface area is 116 Å². The minimum Gasteiger partial charge on any atom is -0.310 e. The van der Waals surface area contributed by atoms with Gasteiger partial charge in [-0.1, -0.05) is 11.6 Å². The van der Waals surface area contributed by atoms with Gasteiger partial charge in [0.25, 0.3) is 5.91 Å². The van der Waals surface area contributed by atoms with Crippen molar-refractivity contribution in [2.24, 2.45) is 0 Å². The van der Waals surface area contributed by atoms with Crippen LogP contribution >= 0.6 is 11.6 Å². The smallest absolute Gasteiger partial charge is 0.261 e. The molecule has 0 N–H and O–H groups in total. The summed E-state index contributed by atoms with van der Waals surface area (Å²) in [4.78, 5) is 17.9. The Morgan fingerprint density at radius 2 is 2.16 bits per heavy atom. The van der Waals surface area contributed by atoms with Crippen molar-refractivity contribution < 1.29 is 4.79 Å². The van der Waals surface area contributed by atoms with Gasteiger partial charge in [-0.3, -0.25) is 9.48 Å². The van der Waals surface area contributed by atoms with Crippen molar-refractivity contribution in [2.45, 2.75) is 20.4 Å². The summed E-state index contributed by atoms with van der Waals surface area (Å²) in [6, 6.07) is 3.41. The molecule has 0 bridgehead atoms. The van der Waals surface area contributed by atoms with Gasteiger partial charge in [0.15, 0.2) is 0 Å². The van der Waals surface area contributed by atoms with Gasteiger partial charge >= 0.3 is 0 Å². The maximum absolute atomic E-state index is 12.4. The lowest BCUT2D eigenvalue weighted by atomic mass is 10.2. The largest absolute Gasteiger partial charge is 0.310 e. The molecular formula is C13H15ClN4O. The first-order valence-electron chi connectivity index (χ1n) is 5.96. The molecule has 0 saturated carbocycles. The number of pyridine rings is 1. The molecule has 2 aromatic rings. The molecule has 2 heterocycles. The van der Waals surface area contributed by atoms with E-state index >= 15 is 0 Å². The SMILES string of the molecule is CCn1ncc(C(=O)N(C)c2ccc(Cl)nc2)c1C. The fourth-order valence-electron chi connectivity index (χ4n) is 1.84. The number of rotatable bonds is 3. The van der Waals surface area contributed by atoms with E-state index in [1.54, 1.807) is 36.3 Å². The Hall–Kier alpha value is -1.88. The Kier molecular flexibility index (Phi) is 3.85. The van der Waals surface area contributed by atoms with E-state index in [4.69, 9.17) is 11.6 Å². The van der Waals surface area contributed by atoms with Gasteiger partial charge in [0.1, 0.15) is 5.15 Å². The molecule has 2 rings (SSSR count). The Balaban J connectivity index is 2.28. The fraction of sp³-hybridized carbons (Fsp3) is 0.308. The first-order chi connectivity index (χ1) is 9.04. The zero-order valence-electron chi connectivity index (χ0n) is 11.1. The normalized spacial score (nSPS) is 10.5. The van der Waals surface area contributed by atoms with E-state index in [1.807, 2.05) is 13.8 Å². The second-order valence-electron chi connectivity index (χ2n) is 4.16. The summed E-state index contributed by atoms with van der Waals surface area (Å²) in [5, 5.41) is 4.58. The second-order valence-corrected chi connectivity index (χ2v) is 4.55. The number of nitrogens with zero attached hydrogens (tertiary/aromatic N) is 4. The van der Waals surface area contributed by atoms with Crippen molar-refractivity contribution >= 4 is 23.2 Å². The van der Waals surface area contributed by atoms with E-state index < -0.39 is 0 Å². The highest BCUT2D eigenvalue weighted by Gasteiger charge is 2.18. The molecule has 0 saturated heterocycles. The van der Waals surface area contributed by atoms with Crippen LogP contribution < -0.4 is 4.90 Å². The lowest BCUT2D eigenvalue weighted by Crippen LogP contribution is -2.26. The molecule has 0 unspecified atom stereocenters. The topological polar surface area (TPSA) is 51.0 Å². The Morgan fingerprint density at radius 1 is 1.42 bits per heavy atom. The third-order valence-corrected chi connectivity index (χ3v) is 3.26. The molecule has 0 spiro atoms. The summed E-state index contributed by atoms with van der Waals surface area (Å²) in [6.45, 7) is 4.62. The van der Waals surface area contributed by atoms with E-state index in [9.17, 15) is 4.79 Å². The summed E-state index contributed by atoms with van der Waals surface area (Å²) in [6.07, 6.45) is 3.17. The van der Waals surface area contributed by atoms with E-state index in [0.29, 0.717) is 16.4 Å². The Morgan fingerprint density at radius 3 is 2.68 bits per heavy atom. The standard InChI is InChI=1S/C13H15ClN4O/c1-4-18-9(2)11(8-16-18)13(19)17(3)10-5-6-12(14)15-7-10/h5-8H,4H2,1-3H3. The van der Waals surface area contributed by atoms with Crippen LogP contribution in [-0.4, -0.2) is 27.7 Å². The summed E-state index contributed by atoms with van der Waals surface area (Å²) in [7, 11) is 1.70. The van der Waals surface area contributed by atoms with Gasteiger partial charge in [0.05, 0.1) is 23.6 Å². The number of aromatic nitrogens is 3. The monoisotopic (exact) mass is 278 g/mol. The molecule has 19 heavy (non-hydrogen) atoms. The molecule has 0 fully saturated rings. The fourth-order valence-corrected chi connectivity index (χ4v) is 1.95. The van der Waals surface area contributed by atoms with Crippen LogP contribution in [0.5, 0.6) is 0 Å². The summed E-state index contributed by atoms with van der Waals surface area (Å²) < 4.78 is 1.79. The van der Waals surface area contributed by atoms with Crippen molar-refractivity contribution in [1.82, 2.24) is 14.8 Å². The number of hydrogen-bond acceptors (Lipinski definition) is 3. The zero-order valence-corrected chi connectivity index (χ0v) is 11.8. The van der Waals surface area contributed by atoms with E-state index in [2.05, 4.69) is 10.1 Å². The first kappa shape index (κ1) is 13.5. The van der Waals surface area contributed by atoms with Crippen LogP contribution in [0.1, 0.15) is 23.0 Å². The van der Waals surface area contributed by atoms with Crippen molar-refractivity contribution in [3.05, 3.63) is 40.9 Å². The lowest BCUT2D eigenvalue weighted by Gasteiger charge is -2.16. The number of anilines is 1. The molecule has 1 amide bonds. The number of carbonyl (C=O) groups is 1. The minimum atomic E-state index is -0.110. The van der Waals surface area contributed by atoms with Gasteiger partial charge in [0, 0.05) is 19.3 Å². The predicted molar refractivity (Wildman–Crippen MR) is 74.6 cm³/mol. The summed E-state index contributed by atoms with van der Waals surface area (Å²) >= 11 is 5.73. The van der Waals surface area contributed by atoms with E-state index in [-0.39, 0.29) is 5.91 Å². The number of carbonyl (C=O) groups excluding carboxylic acids is 1. The summed E-state index contributed by atoms with van der Waals surface area (Å²) in [5.41, 5.74) is 2.15. The highest BCUT2D eigenvalue weighted by molar-refractivity contribution is 6.29. The molecule has 0 aliphatic rings. The second kappa shape index (κ2) is 5.40. The predicted octanol–water partition coefficient (Wildman–Crippen LogP) is 2.54. The average molecular weight is 279 g/mol. The molecular weight excluding hydrogens is 264 g/mol. The molecule has 2 aromatic heterocycles. The molecule has 100 valence electrons. The third kappa shape index (κ3) is 2.61. The van der Waals surface area contributed by atoms with Crippen LogP contribution in [0.4, 0.5) is 5.69 Å². The highest BCUT2D eigenvalue weighted by Crippen LogP contribution is 2.18. The quantitative estimate of drug-likeness (QED) is 0.811. The van der Waals surface area contributed by atoms with Crippen LogP contribution in [0.25, 0.3) is 0 Å². The first-order valence-corrected chi connectivity index (χ1v) is 6.34. The van der Waals surface area contributed by atoms with E-state index in [1.165, 1.54) is 4.90 Å². The van der Waals surface area contributed by atoms with Gasteiger partial charge in [-0.25, -0.2) is 4.98 Å². The molecule has 0 aromatic carbocycles. The van der Waals surface area contributed by atoms with Crippen LogP contribution in [0.15, 0.2) is 24.5 Å². The minimum absolute atomic E-state index is 0.110. The van der Waals surface area contributed by atoms with Crippen LogP contribution in [0.3, 0.4) is 0 Å². The molecule has 0 atom stereocenters. The Bertz CT molecular complexity index is 591. The van der Waals surface area contributed by atoms with Gasteiger partial charge in [-0.05, 0) is 26.0 Å². The van der Waals surface area contributed by atoms with Gasteiger partial charge in [0.2, 0.25) is 0 Å². The number of hydrogen-bond donors (Lipinski definition) is 0. The number of amides is 1. The van der Waals surface area contributed by atoms with Crippen molar-refractivity contribution in [2.75, 3.05) is 11.9 Å². The number of halogens is 1. The molecule has 0 aliphatic heterocycles. The maximum atomic E-state index is 12.4. The average Bonchev–Trinajstić information content (AvgIpc) is 2.79. The lowest BCUT2D eigenvalue weighted by molar-refractivity contribution is 0.0992. The van der Waals surface area contributed by atoms with Gasteiger partial charge in [-0.2, -0.15) is 5.10 Å². The van der Waals surface area contributed by atoms with Crippen LogP contribution in [-0.2, 0) is 6.54 Å². The molecule has 0 radical (unpaired) electrons. The third-order valence-electron chi connectivity index (χ3n) is 3.04. The highest BCUT2D eigenvalue weighted by atomic mass is 35.5.